The summed E-state index contributed by atoms with van der Waals surface area (Å²) in [4.78, 5) is 0. The van der Waals surface area contributed by atoms with E-state index in [4.69, 9.17) is 14.9 Å². The molecule has 1 rings (SSSR count). The van der Waals surface area contributed by atoms with Crippen LogP contribution in [0.2, 0.25) is 0 Å². The Balaban J connectivity index is 2.41. The van der Waals surface area contributed by atoms with Gasteiger partial charge in [0, 0.05) is 6.42 Å². The lowest BCUT2D eigenvalue weighted by molar-refractivity contribution is -0.231. The zero-order chi connectivity index (χ0) is 6.91. The Hall–Kier alpha value is -0.120. The van der Waals surface area contributed by atoms with Crippen LogP contribution in [0.4, 0.5) is 0 Å². The molecule has 0 amide bonds. The van der Waals surface area contributed by atoms with Gasteiger partial charge >= 0.3 is 0 Å². The Kier molecular flexibility index (Phi) is 1.75. The van der Waals surface area contributed by atoms with E-state index in [-0.39, 0.29) is 0 Å². The fraction of sp³-hybridized carbons (Fsp3) is 1.00. The lowest BCUT2D eigenvalue weighted by Gasteiger charge is -2.31. The zero-order valence-corrected chi connectivity index (χ0v) is 5.50. The maximum atomic E-state index is 9.16. The van der Waals surface area contributed by atoms with Crippen molar-refractivity contribution >= 4 is 0 Å². The molecule has 2 atom stereocenters. The van der Waals surface area contributed by atoms with E-state index in [1.54, 1.807) is 6.92 Å². The van der Waals surface area contributed by atoms with E-state index in [1.165, 1.54) is 0 Å². The Morgan fingerprint density at radius 2 is 2.33 bits per heavy atom. The van der Waals surface area contributed by atoms with Crippen LogP contribution in [-0.4, -0.2) is 28.7 Å². The van der Waals surface area contributed by atoms with Crippen molar-refractivity contribution in [2.45, 2.75) is 31.7 Å². The molecule has 9 heavy (non-hydrogen) atoms. The molecule has 1 aliphatic heterocycles. The van der Waals surface area contributed by atoms with Gasteiger partial charge in [-0.25, -0.2) is 0 Å². The largest absolute Gasteiger partial charge is 0.393 e. The SMILES string of the molecule is C[C@]1(O)C[C@@H](O)CCO1. The van der Waals surface area contributed by atoms with Crippen LogP contribution in [0.5, 0.6) is 0 Å². The third-order valence-electron chi connectivity index (χ3n) is 1.48. The molecule has 0 spiro atoms. The molecule has 2 N–H and O–H groups in total. The number of aliphatic hydroxyl groups excluding tert-OH is 1. The number of aliphatic hydroxyl groups is 2. The van der Waals surface area contributed by atoms with Gasteiger partial charge in [0.25, 0.3) is 0 Å². The third kappa shape index (κ3) is 1.93. The van der Waals surface area contributed by atoms with Gasteiger partial charge in [0.05, 0.1) is 12.7 Å². The monoisotopic (exact) mass is 132 g/mol. The summed E-state index contributed by atoms with van der Waals surface area (Å²) in [7, 11) is 0. The Bertz CT molecular complexity index is 100. The molecule has 0 bridgehead atoms. The summed E-state index contributed by atoms with van der Waals surface area (Å²) >= 11 is 0. The van der Waals surface area contributed by atoms with Crippen molar-refractivity contribution in [3.8, 4) is 0 Å². The molecule has 1 heterocycles. The standard InChI is InChI=1S/C6H12O3/c1-6(8)4-5(7)2-3-9-6/h5,7-8H,2-4H2,1H3/t5-,6+/m0/s1. The van der Waals surface area contributed by atoms with E-state index in [9.17, 15) is 0 Å². The highest BCUT2D eigenvalue weighted by Gasteiger charge is 2.29. The highest BCUT2D eigenvalue weighted by Crippen LogP contribution is 2.20. The fourth-order valence-electron chi connectivity index (χ4n) is 1.01. The molecule has 0 aromatic carbocycles. The molecule has 3 heteroatoms. The van der Waals surface area contributed by atoms with Gasteiger partial charge in [0.1, 0.15) is 0 Å². The highest BCUT2D eigenvalue weighted by atomic mass is 16.6. The van der Waals surface area contributed by atoms with Gasteiger partial charge in [-0.05, 0) is 13.3 Å². The van der Waals surface area contributed by atoms with E-state index < -0.39 is 11.9 Å². The van der Waals surface area contributed by atoms with Crippen molar-refractivity contribution in [2.75, 3.05) is 6.61 Å². The Morgan fingerprint density at radius 3 is 2.67 bits per heavy atom. The third-order valence-corrected chi connectivity index (χ3v) is 1.48. The van der Waals surface area contributed by atoms with Crippen LogP contribution in [0.1, 0.15) is 19.8 Å². The van der Waals surface area contributed by atoms with Crippen LogP contribution in [0.3, 0.4) is 0 Å². The van der Waals surface area contributed by atoms with Crippen molar-refractivity contribution in [3.05, 3.63) is 0 Å². The average Bonchev–Trinajstić information content (AvgIpc) is 1.60. The summed E-state index contributed by atoms with van der Waals surface area (Å²) in [5, 5.41) is 18.2. The van der Waals surface area contributed by atoms with E-state index in [0.717, 1.165) is 0 Å². The summed E-state index contributed by atoms with van der Waals surface area (Å²) < 4.78 is 4.93. The van der Waals surface area contributed by atoms with Crippen molar-refractivity contribution in [1.82, 2.24) is 0 Å². The smallest absolute Gasteiger partial charge is 0.165 e. The minimum atomic E-state index is -1.10. The quantitative estimate of drug-likeness (QED) is 0.482. The fourth-order valence-corrected chi connectivity index (χ4v) is 1.01. The molecule has 1 saturated heterocycles. The second-order valence-electron chi connectivity index (χ2n) is 2.67. The summed E-state index contributed by atoms with van der Waals surface area (Å²) in [6.45, 7) is 2.02. The first-order valence-corrected chi connectivity index (χ1v) is 3.14. The van der Waals surface area contributed by atoms with Crippen molar-refractivity contribution in [1.29, 1.82) is 0 Å². The first-order valence-electron chi connectivity index (χ1n) is 3.14. The molecular formula is C6H12O3. The van der Waals surface area contributed by atoms with Gasteiger partial charge < -0.3 is 14.9 Å². The van der Waals surface area contributed by atoms with Crippen LogP contribution >= 0.6 is 0 Å². The summed E-state index contributed by atoms with van der Waals surface area (Å²) in [5.74, 6) is -1.10. The van der Waals surface area contributed by atoms with Gasteiger partial charge in [-0.2, -0.15) is 0 Å². The van der Waals surface area contributed by atoms with Crippen LogP contribution in [0, 0.1) is 0 Å². The molecule has 0 saturated carbocycles. The highest BCUT2D eigenvalue weighted by molar-refractivity contribution is 4.71. The maximum absolute atomic E-state index is 9.16. The predicted octanol–water partition coefficient (Wildman–Crippen LogP) is -0.134. The number of hydrogen-bond donors (Lipinski definition) is 2. The van der Waals surface area contributed by atoms with Crippen LogP contribution in [-0.2, 0) is 4.74 Å². The molecule has 1 fully saturated rings. The van der Waals surface area contributed by atoms with Gasteiger partial charge in [-0.15, -0.1) is 0 Å². The molecule has 1 aliphatic rings. The van der Waals surface area contributed by atoms with Crippen molar-refractivity contribution in [2.24, 2.45) is 0 Å². The number of hydrogen-bond acceptors (Lipinski definition) is 3. The van der Waals surface area contributed by atoms with Crippen LogP contribution in [0.15, 0.2) is 0 Å². The Labute approximate surface area is 54.3 Å². The van der Waals surface area contributed by atoms with Gasteiger partial charge in [0.2, 0.25) is 0 Å². The van der Waals surface area contributed by atoms with Crippen molar-refractivity contribution < 1.29 is 14.9 Å². The van der Waals surface area contributed by atoms with E-state index in [1.807, 2.05) is 0 Å². The van der Waals surface area contributed by atoms with E-state index in [0.29, 0.717) is 19.4 Å². The normalized spacial score (nSPS) is 45.0. The molecular weight excluding hydrogens is 120 g/mol. The van der Waals surface area contributed by atoms with Crippen LogP contribution in [0.25, 0.3) is 0 Å². The topological polar surface area (TPSA) is 49.7 Å². The van der Waals surface area contributed by atoms with Crippen LogP contribution < -0.4 is 0 Å². The van der Waals surface area contributed by atoms with Gasteiger partial charge in [-0.1, -0.05) is 0 Å². The lowest BCUT2D eigenvalue weighted by Crippen LogP contribution is -2.38. The number of rotatable bonds is 0. The predicted molar refractivity (Wildman–Crippen MR) is 31.8 cm³/mol. The molecule has 0 aliphatic carbocycles. The maximum Gasteiger partial charge on any atom is 0.165 e. The van der Waals surface area contributed by atoms with E-state index >= 15 is 0 Å². The Morgan fingerprint density at radius 1 is 1.67 bits per heavy atom. The summed E-state index contributed by atoms with van der Waals surface area (Å²) in [5.41, 5.74) is 0. The van der Waals surface area contributed by atoms with Gasteiger partial charge in [-0.3, -0.25) is 0 Å². The molecule has 54 valence electrons. The van der Waals surface area contributed by atoms with E-state index in [2.05, 4.69) is 0 Å². The minimum absolute atomic E-state index is 0.326. The second-order valence-corrected chi connectivity index (χ2v) is 2.67. The average molecular weight is 132 g/mol. The number of ether oxygens (including phenoxy) is 1. The molecule has 3 nitrogen and oxygen atoms in total. The molecule has 0 aromatic heterocycles. The second kappa shape index (κ2) is 2.25. The first kappa shape index (κ1) is 6.99. The molecule has 0 aromatic rings. The molecule has 0 radical (unpaired) electrons. The summed E-state index contributed by atoms with van der Waals surface area (Å²) in [6.07, 6.45) is 0.567. The lowest BCUT2D eigenvalue weighted by atomic mass is 10.1. The first-order chi connectivity index (χ1) is 4.10. The minimum Gasteiger partial charge on any atom is -0.393 e. The molecule has 0 unspecified atom stereocenters. The summed E-state index contributed by atoms with van der Waals surface area (Å²) in [6, 6.07) is 0. The van der Waals surface area contributed by atoms with Crippen molar-refractivity contribution in [3.63, 3.8) is 0 Å². The van der Waals surface area contributed by atoms with Gasteiger partial charge in [0.15, 0.2) is 5.79 Å². The zero-order valence-electron chi connectivity index (χ0n) is 5.50.